The van der Waals surface area contributed by atoms with Crippen molar-refractivity contribution in [2.24, 2.45) is 12.8 Å². The minimum Gasteiger partial charge on any atom is -0.325 e. The van der Waals surface area contributed by atoms with E-state index in [9.17, 15) is 0 Å². The summed E-state index contributed by atoms with van der Waals surface area (Å²) in [6.45, 7) is 0.443. The number of aromatic nitrogens is 2. The van der Waals surface area contributed by atoms with E-state index in [1.165, 1.54) is 0 Å². The maximum Gasteiger partial charge on any atom is 0.140 e. The van der Waals surface area contributed by atoms with E-state index in [4.69, 9.17) is 17.3 Å². The fraction of sp³-hybridized carbons (Fsp3) is 0.400. The van der Waals surface area contributed by atoms with Crippen LogP contribution in [0.3, 0.4) is 0 Å². The predicted molar refractivity (Wildman–Crippen MR) is 48.8 cm³/mol. The molecule has 56 valence electrons. The Morgan fingerprint density at radius 3 is 2.60 bits per heavy atom. The second-order valence-electron chi connectivity index (χ2n) is 1.88. The van der Waals surface area contributed by atoms with Crippen molar-refractivity contribution in [1.82, 2.24) is 9.78 Å². The van der Waals surface area contributed by atoms with Gasteiger partial charge in [-0.3, -0.25) is 4.68 Å². The van der Waals surface area contributed by atoms with Crippen LogP contribution in [0.25, 0.3) is 0 Å². The van der Waals surface area contributed by atoms with Crippen LogP contribution in [0.5, 0.6) is 0 Å². The van der Waals surface area contributed by atoms with Gasteiger partial charge >= 0.3 is 0 Å². The Bertz CT molecular complexity index is 245. The second kappa shape index (κ2) is 3.06. The number of rotatable bonds is 1. The van der Waals surface area contributed by atoms with Crippen LogP contribution in [0.2, 0.25) is 5.15 Å². The quantitative estimate of drug-likeness (QED) is 0.778. The molecule has 10 heavy (non-hydrogen) atoms. The zero-order valence-electron chi connectivity index (χ0n) is 5.43. The predicted octanol–water partition coefficient (Wildman–Crippen LogP) is 1.14. The molecule has 0 atom stereocenters. The summed E-state index contributed by atoms with van der Waals surface area (Å²) in [5.74, 6) is 0. The number of nitrogens with two attached hydrogens (primary N) is 1. The molecule has 0 spiro atoms. The van der Waals surface area contributed by atoms with E-state index in [1.807, 2.05) is 0 Å². The van der Waals surface area contributed by atoms with Crippen LogP contribution in [0.15, 0.2) is 0 Å². The van der Waals surface area contributed by atoms with Crippen molar-refractivity contribution in [2.45, 2.75) is 6.54 Å². The summed E-state index contributed by atoms with van der Waals surface area (Å²) < 4.78 is 2.56. The first kappa shape index (κ1) is 8.29. The fourth-order valence-electron chi connectivity index (χ4n) is 0.660. The van der Waals surface area contributed by atoms with Crippen molar-refractivity contribution in [3.8, 4) is 0 Å². The van der Waals surface area contributed by atoms with Gasteiger partial charge in [0.2, 0.25) is 0 Å². The molecule has 1 rings (SSSR count). The molecule has 0 bridgehead atoms. The molecule has 0 unspecified atom stereocenters. The van der Waals surface area contributed by atoms with E-state index in [1.54, 1.807) is 11.7 Å². The Morgan fingerprint density at radius 1 is 1.80 bits per heavy atom. The number of nitrogens with zero attached hydrogens (tertiary/aromatic N) is 2. The van der Waals surface area contributed by atoms with Crippen LogP contribution < -0.4 is 5.73 Å². The van der Waals surface area contributed by atoms with Crippen molar-refractivity contribution in [3.63, 3.8) is 0 Å². The van der Waals surface area contributed by atoms with Gasteiger partial charge in [-0.1, -0.05) is 11.6 Å². The Balaban J connectivity index is 3.17. The standard InChI is InChI=1S/C5H7ClIN3/c1-10-5(6)4(7)3(2-8)9-10/h2,8H2,1H3. The van der Waals surface area contributed by atoms with Crippen LogP contribution in [0.1, 0.15) is 5.69 Å². The molecule has 1 heterocycles. The van der Waals surface area contributed by atoms with Gasteiger partial charge in [-0.05, 0) is 22.6 Å². The van der Waals surface area contributed by atoms with Crippen LogP contribution >= 0.6 is 34.2 Å². The zero-order valence-corrected chi connectivity index (χ0v) is 8.35. The van der Waals surface area contributed by atoms with Gasteiger partial charge in [0.25, 0.3) is 0 Å². The van der Waals surface area contributed by atoms with Gasteiger partial charge in [-0.15, -0.1) is 0 Å². The molecule has 0 radical (unpaired) electrons. The number of halogens is 2. The minimum atomic E-state index is 0.443. The van der Waals surface area contributed by atoms with Gasteiger partial charge in [0, 0.05) is 13.6 Å². The maximum atomic E-state index is 5.81. The molecule has 1 aromatic rings. The SMILES string of the molecule is Cn1nc(CN)c(I)c1Cl. The molecule has 0 aliphatic heterocycles. The van der Waals surface area contributed by atoms with E-state index < -0.39 is 0 Å². The highest BCUT2D eigenvalue weighted by molar-refractivity contribution is 14.1. The molecule has 3 nitrogen and oxygen atoms in total. The first-order valence-corrected chi connectivity index (χ1v) is 4.19. The van der Waals surface area contributed by atoms with Gasteiger partial charge in [-0.25, -0.2) is 0 Å². The summed E-state index contributed by atoms with van der Waals surface area (Å²) in [4.78, 5) is 0. The van der Waals surface area contributed by atoms with Gasteiger partial charge in [0.1, 0.15) is 5.15 Å². The van der Waals surface area contributed by atoms with E-state index in [0.717, 1.165) is 9.26 Å². The van der Waals surface area contributed by atoms with Gasteiger partial charge < -0.3 is 5.73 Å². The van der Waals surface area contributed by atoms with Crippen molar-refractivity contribution < 1.29 is 0 Å². The van der Waals surface area contributed by atoms with Crippen molar-refractivity contribution in [3.05, 3.63) is 14.4 Å². The third-order valence-electron chi connectivity index (χ3n) is 1.18. The summed E-state index contributed by atoms with van der Waals surface area (Å²) in [6, 6.07) is 0. The number of aryl methyl sites for hydroxylation is 1. The third-order valence-corrected chi connectivity index (χ3v) is 3.07. The molecule has 0 aromatic carbocycles. The highest BCUT2D eigenvalue weighted by atomic mass is 127. The number of hydrogen-bond donors (Lipinski definition) is 1. The molecule has 0 saturated heterocycles. The topological polar surface area (TPSA) is 43.8 Å². The molecular weight excluding hydrogens is 264 g/mol. The summed E-state index contributed by atoms with van der Waals surface area (Å²) in [5, 5.41) is 4.73. The van der Waals surface area contributed by atoms with Crippen molar-refractivity contribution >= 4 is 34.2 Å². The first-order chi connectivity index (χ1) is 4.66. The molecule has 1 aromatic heterocycles. The van der Waals surface area contributed by atoms with Crippen LogP contribution in [0, 0.1) is 3.57 Å². The summed E-state index contributed by atoms with van der Waals surface area (Å²) in [5.41, 5.74) is 6.25. The van der Waals surface area contributed by atoms with Gasteiger partial charge in [-0.2, -0.15) is 5.10 Å². The monoisotopic (exact) mass is 271 g/mol. The van der Waals surface area contributed by atoms with E-state index in [0.29, 0.717) is 11.7 Å². The smallest absolute Gasteiger partial charge is 0.140 e. The zero-order chi connectivity index (χ0) is 7.72. The third kappa shape index (κ3) is 1.28. The van der Waals surface area contributed by atoms with Crippen LogP contribution in [-0.2, 0) is 13.6 Å². The molecule has 0 amide bonds. The summed E-state index contributed by atoms with van der Waals surface area (Å²) in [7, 11) is 1.80. The molecule has 0 saturated carbocycles. The highest BCUT2D eigenvalue weighted by Crippen LogP contribution is 2.20. The highest BCUT2D eigenvalue weighted by Gasteiger charge is 2.08. The van der Waals surface area contributed by atoms with Gasteiger partial charge in [0.05, 0.1) is 9.26 Å². The lowest BCUT2D eigenvalue weighted by atomic mass is 10.4. The van der Waals surface area contributed by atoms with Crippen LogP contribution in [0.4, 0.5) is 0 Å². The molecule has 0 aliphatic rings. The lowest BCUT2D eigenvalue weighted by Gasteiger charge is -1.86. The van der Waals surface area contributed by atoms with E-state index in [-0.39, 0.29) is 0 Å². The average Bonchev–Trinajstić information content (AvgIpc) is 2.17. The Labute approximate surface area is 77.7 Å². The Hall–Kier alpha value is 0.190. The lowest BCUT2D eigenvalue weighted by molar-refractivity contribution is 0.743. The minimum absolute atomic E-state index is 0.443. The van der Waals surface area contributed by atoms with E-state index in [2.05, 4.69) is 27.7 Å². The molecule has 2 N–H and O–H groups in total. The first-order valence-electron chi connectivity index (χ1n) is 2.73. The summed E-state index contributed by atoms with van der Waals surface area (Å²) in [6.07, 6.45) is 0. The average molecular weight is 271 g/mol. The van der Waals surface area contributed by atoms with Crippen LogP contribution in [-0.4, -0.2) is 9.78 Å². The molecule has 0 fully saturated rings. The number of hydrogen-bond acceptors (Lipinski definition) is 2. The maximum absolute atomic E-state index is 5.81. The largest absolute Gasteiger partial charge is 0.325 e. The van der Waals surface area contributed by atoms with Gasteiger partial charge in [0.15, 0.2) is 0 Å². The fourth-order valence-corrected chi connectivity index (χ4v) is 1.48. The van der Waals surface area contributed by atoms with Crippen molar-refractivity contribution in [1.29, 1.82) is 0 Å². The normalized spacial score (nSPS) is 10.4. The molecule has 5 heteroatoms. The Kier molecular flexibility index (Phi) is 2.54. The van der Waals surface area contributed by atoms with Crippen molar-refractivity contribution in [2.75, 3.05) is 0 Å². The summed E-state index contributed by atoms with van der Waals surface area (Å²) >= 11 is 7.95. The molecule has 0 aliphatic carbocycles. The lowest BCUT2D eigenvalue weighted by Crippen LogP contribution is -1.99. The second-order valence-corrected chi connectivity index (χ2v) is 3.32. The van der Waals surface area contributed by atoms with E-state index >= 15 is 0 Å². The Morgan fingerprint density at radius 2 is 2.40 bits per heavy atom. The molecular formula is C5H7ClIN3.